The summed E-state index contributed by atoms with van der Waals surface area (Å²) in [6, 6.07) is 7.25. The smallest absolute Gasteiger partial charge is 0.355 e. The van der Waals surface area contributed by atoms with Crippen molar-refractivity contribution in [2.75, 3.05) is 19.1 Å². The second-order valence-electron chi connectivity index (χ2n) is 6.67. The maximum atomic E-state index is 12.7. The van der Waals surface area contributed by atoms with E-state index in [9.17, 15) is 9.59 Å². The lowest BCUT2D eigenvalue weighted by molar-refractivity contribution is -0.139. The fourth-order valence-electron chi connectivity index (χ4n) is 3.15. The number of allylic oxidation sites excluding steroid dienone is 2. The van der Waals surface area contributed by atoms with Crippen LogP contribution in [-0.2, 0) is 32.2 Å². The van der Waals surface area contributed by atoms with Crippen LogP contribution in [0.2, 0.25) is 0 Å². The maximum absolute atomic E-state index is 12.7. The number of esters is 2. The van der Waals surface area contributed by atoms with Crippen LogP contribution in [0.25, 0.3) is 0 Å². The van der Waals surface area contributed by atoms with Crippen molar-refractivity contribution in [1.82, 2.24) is 9.78 Å². The lowest BCUT2D eigenvalue weighted by Gasteiger charge is -2.25. The van der Waals surface area contributed by atoms with Crippen LogP contribution in [0.4, 0.5) is 5.69 Å². The molecule has 8 nitrogen and oxygen atoms in total. The van der Waals surface area contributed by atoms with Gasteiger partial charge in [-0.1, -0.05) is 18.2 Å². The van der Waals surface area contributed by atoms with Gasteiger partial charge in [0.15, 0.2) is 0 Å². The summed E-state index contributed by atoms with van der Waals surface area (Å²) in [5.74, 6) is -0.791. The highest BCUT2D eigenvalue weighted by atomic mass is 16.5. The molecule has 0 fully saturated rings. The number of carbonyl (C=O) groups excluding carboxylic acids is 2. The van der Waals surface area contributed by atoms with Gasteiger partial charge in [-0.25, -0.2) is 9.59 Å². The van der Waals surface area contributed by atoms with Gasteiger partial charge in [-0.2, -0.15) is 5.10 Å². The van der Waals surface area contributed by atoms with Gasteiger partial charge in [0.05, 0.1) is 31.2 Å². The van der Waals surface area contributed by atoms with Crippen molar-refractivity contribution >= 4 is 17.6 Å². The summed E-state index contributed by atoms with van der Waals surface area (Å²) in [6.45, 7) is 5.03. The SMILES string of the molecule is CCn1cc(COc2ccccc2N2C=CC=CC(C(=O)OC)=C2C(=O)OC)c(C)n1. The third-order valence-corrected chi connectivity index (χ3v) is 4.77. The molecule has 0 spiro atoms. The normalized spacial score (nSPS) is 13.2. The standard InChI is InChI=1S/C23H25N3O5/c1-5-25-14-17(16(2)24-25)15-31-20-12-7-6-11-19(20)26-13-9-8-10-18(22(27)29-3)21(26)23(28)30-4/h6-14H,5,15H2,1-4H3. The van der Waals surface area contributed by atoms with Crippen LogP contribution in [0, 0.1) is 6.92 Å². The number of carbonyl (C=O) groups is 2. The molecule has 1 aliphatic rings. The van der Waals surface area contributed by atoms with Crippen LogP contribution in [0.15, 0.2) is 66.2 Å². The van der Waals surface area contributed by atoms with Gasteiger partial charge in [0.2, 0.25) is 0 Å². The molecule has 0 amide bonds. The first-order valence-corrected chi connectivity index (χ1v) is 9.79. The van der Waals surface area contributed by atoms with Crippen molar-refractivity contribution in [3.05, 3.63) is 77.4 Å². The number of rotatable bonds is 7. The van der Waals surface area contributed by atoms with Gasteiger partial charge in [-0.15, -0.1) is 0 Å². The van der Waals surface area contributed by atoms with E-state index < -0.39 is 11.9 Å². The molecule has 1 aliphatic heterocycles. The molecular formula is C23H25N3O5. The van der Waals surface area contributed by atoms with Crippen molar-refractivity contribution in [3.63, 3.8) is 0 Å². The van der Waals surface area contributed by atoms with E-state index in [-0.39, 0.29) is 11.3 Å². The molecule has 8 heteroatoms. The Morgan fingerprint density at radius 3 is 2.48 bits per heavy atom. The first kappa shape index (κ1) is 21.9. The zero-order valence-corrected chi connectivity index (χ0v) is 18.0. The molecule has 0 saturated heterocycles. The van der Waals surface area contributed by atoms with Crippen molar-refractivity contribution in [2.45, 2.75) is 27.0 Å². The highest BCUT2D eigenvalue weighted by molar-refractivity contribution is 6.05. The number of hydrogen-bond donors (Lipinski definition) is 0. The molecule has 0 saturated carbocycles. The van der Waals surface area contributed by atoms with Crippen LogP contribution in [0.5, 0.6) is 5.75 Å². The molecular weight excluding hydrogens is 398 g/mol. The van der Waals surface area contributed by atoms with Gasteiger partial charge >= 0.3 is 11.9 Å². The Morgan fingerprint density at radius 2 is 1.81 bits per heavy atom. The van der Waals surface area contributed by atoms with E-state index in [4.69, 9.17) is 14.2 Å². The summed E-state index contributed by atoms with van der Waals surface area (Å²) in [7, 11) is 2.52. The van der Waals surface area contributed by atoms with E-state index in [1.165, 1.54) is 20.3 Å². The second kappa shape index (κ2) is 9.80. The first-order valence-electron chi connectivity index (χ1n) is 9.79. The number of hydrogen-bond acceptors (Lipinski definition) is 7. The summed E-state index contributed by atoms with van der Waals surface area (Å²) in [4.78, 5) is 26.6. The predicted octanol–water partition coefficient (Wildman–Crippen LogP) is 3.28. The quantitative estimate of drug-likeness (QED) is 0.632. The first-order chi connectivity index (χ1) is 15.0. The predicted molar refractivity (Wildman–Crippen MR) is 115 cm³/mol. The number of para-hydroxylation sites is 2. The zero-order valence-electron chi connectivity index (χ0n) is 18.0. The number of benzene rings is 1. The Hall–Kier alpha value is -3.81. The second-order valence-corrected chi connectivity index (χ2v) is 6.67. The molecule has 0 radical (unpaired) electrons. The third-order valence-electron chi connectivity index (χ3n) is 4.77. The molecule has 2 heterocycles. The summed E-state index contributed by atoms with van der Waals surface area (Å²) in [5.41, 5.74) is 2.54. The number of aryl methyl sites for hydroxylation is 2. The number of nitrogens with zero attached hydrogens (tertiary/aromatic N) is 3. The molecule has 1 aromatic heterocycles. The molecule has 0 atom stereocenters. The number of aromatic nitrogens is 2. The summed E-state index contributed by atoms with van der Waals surface area (Å²) in [6.07, 6.45) is 8.50. The highest BCUT2D eigenvalue weighted by Gasteiger charge is 2.28. The van der Waals surface area contributed by atoms with Gasteiger partial charge in [0.25, 0.3) is 0 Å². The van der Waals surface area contributed by atoms with E-state index in [1.54, 1.807) is 35.4 Å². The van der Waals surface area contributed by atoms with Gasteiger partial charge < -0.3 is 19.1 Å². The molecule has 0 aliphatic carbocycles. The summed E-state index contributed by atoms with van der Waals surface area (Å²) in [5, 5.41) is 4.44. The van der Waals surface area contributed by atoms with Gasteiger partial charge in [-0.3, -0.25) is 4.68 Å². The molecule has 2 aromatic rings. The maximum Gasteiger partial charge on any atom is 0.355 e. The van der Waals surface area contributed by atoms with Crippen LogP contribution >= 0.6 is 0 Å². The van der Waals surface area contributed by atoms with Crippen LogP contribution in [0.3, 0.4) is 0 Å². The Morgan fingerprint density at radius 1 is 1.06 bits per heavy atom. The molecule has 1 aromatic carbocycles. The van der Waals surface area contributed by atoms with E-state index in [0.29, 0.717) is 18.0 Å². The Balaban J connectivity index is 2.01. The lowest BCUT2D eigenvalue weighted by atomic mass is 10.1. The summed E-state index contributed by atoms with van der Waals surface area (Å²) >= 11 is 0. The van der Waals surface area contributed by atoms with Gasteiger partial charge in [0.1, 0.15) is 18.1 Å². The zero-order chi connectivity index (χ0) is 22.4. The third kappa shape index (κ3) is 4.69. The molecule has 0 N–H and O–H groups in total. The van der Waals surface area contributed by atoms with Crippen LogP contribution in [-0.4, -0.2) is 35.9 Å². The van der Waals surface area contributed by atoms with Crippen molar-refractivity contribution < 1.29 is 23.8 Å². The fourth-order valence-corrected chi connectivity index (χ4v) is 3.15. The molecule has 0 unspecified atom stereocenters. The van der Waals surface area contributed by atoms with Crippen LogP contribution in [0.1, 0.15) is 18.2 Å². The van der Waals surface area contributed by atoms with Crippen molar-refractivity contribution in [3.8, 4) is 5.75 Å². The summed E-state index contributed by atoms with van der Waals surface area (Å²) < 4.78 is 17.8. The molecule has 31 heavy (non-hydrogen) atoms. The Bertz CT molecular complexity index is 1060. The largest absolute Gasteiger partial charge is 0.487 e. The topological polar surface area (TPSA) is 82.9 Å². The van der Waals surface area contributed by atoms with E-state index in [2.05, 4.69) is 5.10 Å². The monoisotopic (exact) mass is 423 g/mol. The number of ether oxygens (including phenoxy) is 3. The van der Waals surface area contributed by atoms with Crippen LogP contribution < -0.4 is 9.64 Å². The minimum absolute atomic E-state index is 0.0328. The van der Waals surface area contributed by atoms with Gasteiger partial charge in [0, 0.05) is 24.5 Å². The van der Waals surface area contributed by atoms with Gasteiger partial charge in [-0.05, 0) is 38.1 Å². The Labute approximate surface area is 181 Å². The minimum Gasteiger partial charge on any atom is -0.487 e. The molecule has 162 valence electrons. The lowest BCUT2D eigenvalue weighted by Crippen LogP contribution is -2.27. The number of anilines is 1. The van der Waals surface area contributed by atoms with E-state index in [1.807, 2.05) is 36.9 Å². The highest BCUT2D eigenvalue weighted by Crippen LogP contribution is 2.34. The fraction of sp³-hybridized carbons (Fsp3) is 0.261. The van der Waals surface area contributed by atoms with Crippen molar-refractivity contribution in [2.24, 2.45) is 0 Å². The molecule has 0 bridgehead atoms. The van der Waals surface area contributed by atoms with Crippen molar-refractivity contribution in [1.29, 1.82) is 0 Å². The van der Waals surface area contributed by atoms with E-state index >= 15 is 0 Å². The van der Waals surface area contributed by atoms with E-state index in [0.717, 1.165) is 17.8 Å². The minimum atomic E-state index is -0.675. The number of methoxy groups -OCH3 is 2. The average molecular weight is 423 g/mol. The Kier molecular flexibility index (Phi) is 6.92. The average Bonchev–Trinajstić information content (AvgIpc) is 3.02. The molecule has 3 rings (SSSR count).